The van der Waals surface area contributed by atoms with Gasteiger partial charge in [0.1, 0.15) is 0 Å². The van der Waals surface area contributed by atoms with E-state index in [9.17, 15) is 4.39 Å². The van der Waals surface area contributed by atoms with Crippen LogP contribution >= 0.6 is 0 Å². The average Bonchev–Trinajstić information content (AvgIpc) is 2.46. The fraction of sp³-hybridized carbons (Fsp3) is 0.643. The molecular weight excluding hydrogens is 258 g/mol. The van der Waals surface area contributed by atoms with Gasteiger partial charge in [-0.05, 0) is 58.7 Å². The summed E-state index contributed by atoms with van der Waals surface area (Å²) < 4.78 is 25.4. The van der Waals surface area contributed by atoms with Crippen LogP contribution < -0.4 is 11.3 Å². The van der Waals surface area contributed by atoms with E-state index in [0.29, 0.717) is 12.0 Å². The lowest BCUT2D eigenvalue weighted by molar-refractivity contribution is 0.00578. The van der Waals surface area contributed by atoms with E-state index in [0.717, 1.165) is 5.56 Å². The molecule has 0 aromatic carbocycles. The van der Waals surface area contributed by atoms with E-state index in [1.165, 1.54) is 6.07 Å². The summed E-state index contributed by atoms with van der Waals surface area (Å²) in [4.78, 5) is 3.90. The first-order valence-corrected chi connectivity index (χ1v) is 6.88. The van der Waals surface area contributed by atoms with Crippen LogP contribution in [0.25, 0.3) is 0 Å². The largest absolute Gasteiger partial charge is 0.514 e. The molecule has 2 rings (SSSR count). The van der Waals surface area contributed by atoms with Crippen molar-refractivity contribution in [2.24, 2.45) is 5.73 Å². The summed E-state index contributed by atoms with van der Waals surface area (Å²) in [5.41, 5.74) is 6.09. The summed E-state index contributed by atoms with van der Waals surface area (Å²) in [6, 6.07) is 3.16. The third-order valence-corrected chi connectivity index (χ3v) is 3.93. The van der Waals surface area contributed by atoms with Crippen molar-refractivity contribution in [3.8, 4) is 0 Å². The predicted octanol–water partition coefficient (Wildman–Crippen LogP) is 1.41. The molecule has 110 valence electrons. The molecule has 0 bridgehead atoms. The Labute approximate surface area is 120 Å². The van der Waals surface area contributed by atoms with Gasteiger partial charge < -0.3 is 15.0 Å². The van der Waals surface area contributed by atoms with E-state index in [4.69, 9.17) is 15.0 Å². The first-order chi connectivity index (χ1) is 9.10. The molecule has 4 nitrogen and oxygen atoms in total. The summed E-state index contributed by atoms with van der Waals surface area (Å²) in [6.45, 7) is 9.70. The molecule has 2 N–H and O–H groups in total. The van der Waals surface area contributed by atoms with E-state index >= 15 is 0 Å². The average molecular weight is 280 g/mol. The zero-order valence-electron chi connectivity index (χ0n) is 12.7. The Morgan fingerprint density at radius 2 is 1.80 bits per heavy atom. The van der Waals surface area contributed by atoms with Gasteiger partial charge in [0.05, 0.1) is 16.8 Å². The van der Waals surface area contributed by atoms with Crippen LogP contribution in [0.4, 0.5) is 4.39 Å². The van der Waals surface area contributed by atoms with Crippen molar-refractivity contribution in [2.75, 3.05) is 0 Å². The lowest BCUT2D eigenvalue weighted by atomic mass is 9.83. The number of halogens is 1. The van der Waals surface area contributed by atoms with Gasteiger partial charge >= 0.3 is 7.12 Å². The summed E-state index contributed by atoms with van der Waals surface area (Å²) >= 11 is 0. The van der Waals surface area contributed by atoms with Gasteiger partial charge in [-0.2, -0.15) is 4.39 Å². The second kappa shape index (κ2) is 5.09. The molecule has 1 unspecified atom stereocenters. The number of hydrogen-bond donors (Lipinski definition) is 1. The van der Waals surface area contributed by atoms with Crippen LogP contribution in [0.5, 0.6) is 0 Å². The lowest BCUT2D eigenvalue weighted by Gasteiger charge is -2.32. The lowest BCUT2D eigenvalue weighted by Crippen LogP contribution is -2.41. The monoisotopic (exact) mass is 280 g/mol. The molecule has 1 aliphatic rings. The fourth-order valence-electron chi connectivity index (χ4n) is 2.15. The van der Waals surface area contributed by atoms with Crippen LogP contribution in [-0.2, 0) is 15.7 Å². The zero-order chi connectivity index (χ0) is 15.1. The van der Waals surface area contributed by atoms with Gasteiger partial charge in [0.2, 0.25) is 5.95 Å². The summed E-state index contributed by atoms with van der Waals surface area (Å²) in [6.07, 6.45) is 0.589. The minimum Gasteiger partial charge on any atom is -0.398 e. The van der Waals surface area contributed by atoms with Crippen LogP contribution in [0.15, 0.2) is 12.1 Å². The van der Waals surface area contributed by atoms with Crippen LogP contribution in [0, 0.1) is 5.95 Å². The highest BCUT2D eigenvalue weighted by Gasteiger charge is 2.52. The SMILES string of the molecule is CC(N)Cc1cc(F)nc(B2OC(C)(C)C(C)(C)O2)c1. The van der Waals surface area contributed by atoms with Crippen LogP contribution in [0.3, 0.4) is 0 Å². The molecule has 2 heterocycles. The third kappa shape index (κ3) is 3.02. The number of nitrogens with two attached hydrogens (primary N) is 1. The number of hydrogen-bond acceptors (Lipinski definition) is 4. The van der Waals surface area contributed by atoms with Crippen LogP contribution in [0.1, 0.15) is 40.2 Å². The second-order valence-corrected chi connectivity index (χ2v) is 6.49. The number of aromatic nitrogens is 1. The van der Waals surface area contributed by atoms with Gasteiger partial charge in [-0.25, -0.2) is 4.98 Å². The normalized spacial score (nSPS) is 22.1. The summed E-state index contributed by atoms with van der Waals surface area (Å²) in [7, 11) is -0.650. The van der Waals surface area contributed by atoms with Crippen molar-refractivity contribution in [1.82, 2.24) is 4.98 Å². The molecule has 0 saturated carbocycles. The second-order valence-electron chi connectivity index (χ2n) is 6.49. The maximum atomic E-state index is 13.7. The number of pyridine rings is 1. The maximum Gasteiger partial charge on any atom is 0.514 e. The van der Waals surface area contributed by atoms with Crippen LogP contribution in [-0.4, -0.2) is 29.3 Å². The molecular formula is C14H22BFN2O2. The van der Waals surface area contributed by atoms with E-state index in [2.05, 4.69) is 4.98 Å². The topological polar surface area (TPSA) is 57.4 Å². The molecule has 0 aliphatic carbocycles. The van der Waals surface area contributed by atoms with Crippen molar-refractivity contribution >= 4 is 12.7 Å². The minimum atomic E-state index is -0.650. The standard InChI is InChI=1S/C14H22BFN2O2/c1-9(17)6-10-7-11(18-12(16)8-10)15-19-13(2,3)14(4,5)20-15/h7-9H,6,17H2,1-5H3. The highest BCUT2D eigenvalue weighted by molar-refractivity contribution is 6.61. The first kappa shape index (κ1) is 15.4. The van der Waals surface area contributed by atoms with E-state index in [1.807, 2.05) is 34.6 Å². The Balaban J connectivity index is 2.28. The van der Waals surface area contributed by atoms with Crippen molar-refractivity contribution in [2.45, 2.75) is 58.3 Å². The van der Waals surface area contributed by atoms with Gasteiger partial charge in [0, 0.05) is 6.04 Å². The summed E-state index contributed by atoms with van der Waals surface area (Å²) in [5, 5.41) is 0. The summed E-state index contributed by atoms with van der Waals surface area (Å²) in [5.74, 6) is -0.534. The molecule has 0 radical (unpaired) electrons. The Morgan fingerprint density at radius 1 is 1.25 bits per heavy atom. The van der Waals surface area contributed by atoms with E-state index in [-0.39, 0.29) is 6.04 Å². The Hall–Kier alpha value is -0.975. The molecule has 20 heavy (non-hydrogen) atoms. The molecule has 0 amide bonds. The highest BCUT2D eigenvalue weighted by atomic mass is 19.1. The maximum absolute atomic E-state index is 13.7. The fourth-order valence-corrected chi connectivity index (χ4v) is 2.15. The van der Waals surface area contributed by atoms with E-state index < -0.39 is 24.3 Å². The molecule has 1 saturated heterocycles. The van der Waals surface area contributed by atoms with E-state index in [1.54, 1.807) is 6.07 Å². The first-order valence-electron chi connectivity index (χ1n) is 6.88. The van der Waals surface area contributed by atoms with Crippen LogP contribution in [0.2, 0.25) is 0 Å². The molecule has 1 aromatic rings. The van der Waals surface area contributed by atoms with Gasteiger partial charge in [-0.3, -0.25) is 0 Å². The smallest absolute Gasteiger partial charge is 0.398 e. The predicted molar refractivity (Wildman–Crippen MR) is 77.3 cm³/mol. The van der Waals surface area contributed by atoms with Crippen molar-refractivity contribution in [1.29, 1.82) is 0 Å². The quantitative estimate of drug-likeness (QED) is 0.672. The van der Waals surface area contributed by atoms with Crippen molar-refractivity contribution in [3.05, 3.63) is 23.6 Å². The van der Waals surface area contributed by atoms with Gasteiger partial charge in [0.25, 0.3) is 0 Å². The molecule has 1 aromatic heterocycles. The molecule has 6 heteroatoms. The Kier molecular flexibility index (Phi) is 3.93. The van der Waals surface area contributed by atoms with Gasteiger partial charge in [-0.1, -0.05) is 0 Å². The molecule has 1 fully saturated rings. The molecule has 1 aliphatic heterocycles. The number of nitrogens with zero attached hydrogens (tertiary/aromatic N) is 1. The Morgan fingerprint density at radius 3 is 2.30 bits per heavy atom. The molecule has 0 spiro atoms. The molecule has 1 atom stereocenters. The van der Waals surface area contributed by atoms with Gasteiger partial charge in [-0.15, -0.1) is 0 Å². The zero-order valence-corrected chi connectivity index (χ0v) is 12.7. The number of rotatable bonds is 3. The Bertz CT molecular complexity index is 490. The minimum absolute atomic E-state index is 0.0389. The van der Waals surface area contributed by atoms with Gasteiger partial charge in [0.15, 0.2) is 0 Å². The van der Waals surface area contributed by atoms with Crippen molar-refractivity contribution < 1.29 is 13.7 Å². The highest BCUT2D eigenvalue weighted by Crippen LogP contribution is 2.36. The van der Waals surface area contributed by atoms with Crippen molar-refractivity contribution in [3.63, 3.8) is 0 Å². The third-order valence-electron chi connectivity index (χ3n) is 3.93.